The molecule has 8 heteroatoms. The molecule has 2 atom stereocenters. The van der Waals surface area contributed by atoms with E-state index < -0.39 is 12.1 Å². The highest BCUT2D eigenvalue weighted by atomic mass is 16.5. The number of aryl methyl sites for hydroxylation is 2. The predicted octanol–water partition coefficient (Wildman–Crippen LogP) is 3.09. The van der Waals surface area contributed by atoms with Crippen LogP contribution in [0, 0.1) is 13.8 Å². The molecular weight excluding hydrogens is 396 g/mol. The van der Waals surface area contributed by atoms with Crippen molar-refractivity contribution in [3.63, 3.8) is 0 Å². The van der Waals surface area contributed by atoms with Gasteiger partial charge in [-0.05, 0) is 38.5 Å². The summed E-state index contributed by atoms with van der Waals surface area (Å²) in [6.07, 6.45) is -0.923. The summed E-state index contributed by atoms with van der Waals surface area (Å²) < 4.78 is 13.4. The lowest BCUT2D eigenvalue weighted by Gasteiger charge is -2.33. The molecule has 3 heterocycles. The Balaban J connectivity index is 1.83. The highest BCUT2D eigenvalue weighted by molar-refractivity contribution is 5.94. The molecule has 2 aromatic heterocycles. The van der Waals surface area contributed by atoms with Gasteiger partial charge in [0.05, 0.1) is 16.8 Å². The molecule has 0 aliphatic carbocycles. The van der Waals surface area contributed by atoms with E-state index in [1.807, 2.05) is 63.2 Å². The molecule has 1 amide bonds. The van der Waals surface area contributed by atoms with Crippen LogP contribution in [0.5, 0.6) is 5.75 Å². The Labute approximate surface area is 177 Å². The largest absolute Gasteiger partial charge is 0.475 e. The van der Waals surface area contributed by atoms with Gasteiger partial charge in [0, 0.05) is 12.1 Å². The lowest BCUT2D eigenvalue weighted by atomic mass is 9.96. The van der Waals surface area contributed by atoms with Gasteiger partial charge in [-0.25, -0.2) is 4.79 Å². The van der Waals surface area contributed by atoms with Gasteiger partial charge in [0.15, 0.2) is 5.75 Å². The molecule has 2 N–H and O–H groups in total. The normalized spacial score (nSPS) is 17.5. The molecule has 8 nitrogen and oxygen atoms in total. The monoisotopic (exact) mass is 418 g/mol. The third-order valence-electron chi connectivity index (χ3n) is 5.70. The summed E-state index contributed by atoms with van der Waals surface area (Å²) in [5, 5.41) is 6.90. The molecule has 0 saturated carbocycles. The Morgan fingerprint density at radius 2 is 1.97 bits per heavy atom. The minimum absolute atomic E-state index is 0.281. The van der Waals surface area contributed by atoms with E-state index in [0.717, 1.165) is 16.7 Å². The molecule has 2 aromatic carbocycles. The summed E-state index contributed by atoms with van der Waals surface area (Å²) in [5.74, 6) is 0.825. The summed E-state index contributed by atoms with van der Waals surface area (Å²) in [6.45, 7) is 5.98. The van der Waals surface area contributed by atoms with Crippen LogP contribution in [-0.2, 0) is 4.79 Å². The second-order valence-corrected chi connectivity index (χ2v) is 7.63. The highest BCUT2D eigenvalue weighted by Gasteiger charge is 2.41. The van der Waals surface area contributed by atoms with Crippen molar-refractivity contribution in [1.82, 2.24) is 20.0 Å². The second-order valence-electron chi connectivity index (χ2n) is 7.63. The molecule has 0 saturated heterocycles. The van der Waals surface area contributed by atoms with E-state index >= 15 is 0 Å². The zero-order valence-corrected chi connectivity index (χ0v) is 17.4. The van der Waals surface area contributed by atoms with E-state index in [1.54, 1.807) is 4.57 Å². The van der Waals surface area contributed by atoms with E-state index in [0.29, 0.717) is 34.8 Å². The van der Waals surface area contributed by atoms with Crippen molar-refractivity contribution in [3.05, 3.63) is 70.0 Å². The van der Waals surface area contributed by atoms with Gasteiger partial charge in [-0.1, -0.05) is 35.5 Å². The standard InChI is InChI=1S/C23H22N4O4/c1-4-24-22(28)21-18(14-8-6-5-7-9-14)27-19-16(25-23(27)29)11-10-15(20(19)30-21)17-12(2)26-31-13(17)3/h5-11,18,21H,4H2,1-3H3,(H,24,28)(H,25,29)/t18-,21?/m0/s1. The Kier molecular flexibility index (Phi) is 4.43. The van der Waals surface area contributed by atoms with Crippen LogP contribution in [0.2, 0.25) is 0 Å². The van der Waals surface area contributed by atoms with Gasteiger partial charge in [0.25, 0.3) is 5.91 Å². The number of aromatic amines is 1. The van der Waals surface area contributed by atoms with Gasteiger partial charge >= 0.3 is 5.69 Å². The number of amides is 1. The first-order valence-corrected chi connectivity index (χ1v) is 10.2. The fourth-order valence-corrected chi connectivity index (χ4v) is 4.41. The zero-order valence-electron chi connectivity index (χ0n) is 17.4. The van der Waals surface area contributed by atoms with Crippen LogP contribution in [0.1, 0.15) is 30.0 Å². The lowest BCUT2D eigenvalue weighted by Crippen LogP contribution is -2.48. The van der Waals surface area contributed by atoms with Gasteiger partial charge in [0.2, 0.25) is 6.10 Å². The smallest absolute Gasteiger partial charge is 0.327 e. The van der Waals surface area contributed by atoms with E-state index in [4.69, 9.17) is 9.26 Å². The number of nitrogens with zero attached hydrogens (tertiary/aromatic N) is 2. The minimum Gasteiger partial charge on any atom is -0.475 e. The van der Waals surface area contributed by atoms with Crippen LogP contribution in [-0.4, -0.2) is 33.3 Å². The third kappa shape index (κ3) is 2.86. The Bertz CT molecular complexity index is 1330. The predicted molar refractivity (Wildman–Crippen MR) is 115 cm³/mol. The molecule has 0 radical (unpaired) electrons. The molecule has 0 bridgehead atoms. The van der Waals surface area contributed by atoms with Crippen molar-refractivity contribution in [1.29, 1.82) is 0 Å². The van der Waals surface area contributed by atoms with E-state index in [1.165, 1.54) is 0 Å². The first-order valence-electron chi connectivity index (χ1n) is 10.2. The number of benzene rings is 2. The molecule has 0 fully saturated rings. The van der Waals surface area contributed by atoms with Crippen LogP contribution in [0.15, 0.2) is 51.8 Å². The van der Waals surface area contributed by atoms with Gasteiger partial charge in [-0.2, -0.15) is 0 Å². The third-order valence-corrected chi connectivity index (χ3v) is 5.70. The highest BCUT2D eigenvalue weighted by Crippen LogP contribution is 2.44. The first kappa shape index (κ1) is 19.2. The van der Waals surface area contributed by atoms with Crippen molar-refractivity contribution in [2.45, 2.75) is 32.9 Å². The average Bonchev–Trinajstić information content (AvgIpc) is 3.28. The number of ether oxygens (including phenoxy) is 1. The molecule has 1 aliphatic rings. The maximum absolute atomic E-state index is 13.1. The van der Waals surface area contributed by atoms with E-state index in [9.17, 15) is 9.59 Å². The molecule has 4 aromatic rings. The fourth-order valence-electron chi connectivity index (χ4n) is 4.41. The number of carbonyl (C=O) groups is 1. The topological polar surface area (TPSA) is 102 Å². The number of rotatable bonds is 4. The zero-order chi connectivity index (χ0) is 21.7. The molecular formula is C23H22N4O4. The van der Waals surface area contributed by atoms with Gasteiger partial charge in [-0.15, -0.1) is 0 Å². The van der Waals surface area contributed by atoms with Crippen LogP contribution >= 0.6 is 0 Å². The number of carbonyl (C=O) groups excluding carboxylic acids is 1. The number of nitrogens with one attached hydrogen (secondary N) is 2. The number of imidazole rings is 1. The Morgan fingerprint density at radius 3 is 2.65 bits per heavy atom. The molecule has 158 valence electrons. The van der Waals surface area contributed by atoms with E-state index in [-0.39, 0.29) is 11.6 Å². The summed E-state index contributed by atoms with van der Waals surface area (Å²) in [4.78, 5) is 29.1. The number of hydrogen-bond donors (Lipinski definition) is 2. The van der Waals surface area contributed by atoms with Crippen LogP contribution in [0.25, 0.3) is 22.2 Å². The maximum atomic E-state index is 13.1. The molecule has 0 spiro atoms. The number of H-pyrrole nitrogens is 1. The fraction of sp³-hybridized carbons (Fsp3) is 0.261. The number of likely N-dealkylation sites (N-methyl/N-ethyl adjacent to an activating group) is 1. The quantitative estimate of drug-likeness (QED) is 0.530. The summed E-state index contributed by atoms with van der Waals surface area (Å²) >= 11 is 0. The van der Waals surface area contributed by atoms with Gasteiger partial charge in [-0.3, -0.25) is 9.36 Å². The number of hydrogen-bond acceptors (Lipinski definition) is 5. The minimum atomic E-state index is -0.923. The molecule has 5 rings (SSSR count). The summed E-state index contributed by atoms with van der Waals surface area (Å²) in [7, 11) is 0. The summed E-state index contributed by atoms with van der Waals surface area (Å²) in [5.41, 5.74) is 4.03. The van der Waals surface area contributed by atoms with Gasteiger partial charge in [0.1, 0.15) is 17.3 Å². The van der Waals surface area contributed by atoms with Crippen molar-refractivity contribution in [3.8, 4) is 16.9 Å². The molecule has 1 aliphatic heterocycles. The van der Waals surface area contributed by atoms with Gasteiger partial charge < -0.3 is 19.6 Å². The van der Waals surface area contributed by atoms with Crippen molar-refractivity contribution >= 4 is 16.9 Å². The second kappa shape index (κ2) is 7.16. The van der Waals surface area contributed by atoms with Crippen molar-refractivity contribution in [2.24, 2.45) is 0 Å². The van der Waals surface area contributed by atoms with Crippen LogP contribution in [0.3, 0.4) is 0 Å². The van der Waals surface area contributed by atoms with Crippen molar-refractivity contribution < 1.29 is 14.1 Å². The van der Waals surface area contributed by atoms with Crippen molar-refractivity contribution in [2.75, 3.05) is 6.54 Å². The van der Waals surface area contributed by atoms with Crippen LogP contribution < -0.4 is 15.7 Å². The average molecular weight is 418 g/mol. The SMILES string of the molecule is CCNC(=O)C1Oc2c(-c3c(C)noc3C)ccc3[nH]c(=O)n(c23)[C@H]1c1ccccc1. The summed E-state index contributed by atoms with van der Waals surface area (Å²) in [6, 6.07) is 12.6. The Hall–Kier alpha value is -3.81. The Morgan fingerprint density at radius 1 is 1.19 bits per heavy atom. The molecule has 1 unspecified atom stereocenters. The number of aromatic nitrogens is 3. The molecule has 31 heavy (non-hydrogen) atoms. The lowest BCUT2D eigenvalue weighted by molar-refractivity contribution is -0.129. The van der Waals surface area contributed by atoms with E-state index in [2.05, 4.69) is 15.5 Å². The van der Waals surface area contributed by atoms with Crippen LogP contribution in [0.4, 0.5) is 0 Å². The maximum Gasteiger partial charge on any atom is 0.327 e. The first-order chi connectivity index (χ1) is 15.0.